The van der Waals surface area contributed by atoms with Gasteiger partial charge in [0.15, 0.2) is 18.1 Å². The molecular formula is C37H45N7O8. The van der Waals surface area contributed by atoms with E-state index >= 15 is 0 Å². The van der Waals surface area contributed by atoms with Crippen LogP contribution in [0.4, 0.5) is 5.95 Å². The lowest BCUT2D eigenvalue weighted by Gasteiger charge is -2.27. The number of fused-ring (bicyclic) bond motifs is 2. The Kier molecular flexibility index (Phi) is 11.8. The van der Waals surface area contributed by atoms with E-state index in [2.05, 4.69) is 25.5 Å². The van der Waals surface area contributed by atoms with Gasteiger partial charge in [-0.25, -0.2) is 9.97 Å². The number of nitrogen functional groups attached to an aromatic ring is 1. The molecule has 0 saturated carbocycles. The molecule has 5 amide bonds. The lowest BCUT2D eigenvalue weighted by atomic mass is 10.0. The fourth-order valence-corrected chi connectivity index (χ4v) is 6.96. The molecule has 276 valence electrons. The van der Waals surface area contributed by atoms with Gasteiger partial charge in [0.2, 0.25) is 17.8 Å². The van der Waals surface area contributed by atoms with Crippen LogP contribution >= 0.6 is 0 Å². The zero-order valence-corrected chi connectivity index (χ0v) is 29.4. The van der Waals surface area contributed by atoms with Crippen LogP contribution in [0.3, 0.4) is 0 Å². The maximum atomic E-state index is 13.2. The zero-order chi connectivity index (χ0) is 36.6. The van der Waals surface area contributed by atoms with Gasteiger partial charge in [-0.2, -0.15) is 0 Å². The van der Waals surface area contributed by atoms with Crippen molar-refractivity contribution in [1.29, 1.82) is 0 Å². The van der Waals surface area contributed by atoms with Crippen molar-refractivity contribution < 1.29 is 38.2 Å². The van der Waals surface area contributed by atoms with Crippen molar-refractivity contribution in [2.75, 3.05) is 52.2 Å². The van der Waals surface area contributed by atoms with Crippen molar-refractivity contribution in [1.82, 2.24) is 30.4 Å². The Morgan fingerprint density at radius 1 is 0.962 bits per heavy atom. The number of nitrogens with two attached hydrogens (primary N) is 1. The number of aryl methyl sites for hydroxylation is 1. The van der Waals surface area contributed by atoms with Crippen LogP contribution in [0.2, 0.25) is 0 Å². The second-order valence-corrected chi connectivity index (χ2v) is 13.2. The number of carbonyl (C=O) groups excluding carboxylic acids is 5. The standard InChI is InChI=1S/C37H45N7O8/c1-50-29-20-24-25(40-37(38)41-26(24)21-30(29)51-19-9-18-43-16-6-7-17-43)11-4-2-3-5-15-39-32(46)22-52-28-12-8-10-23-33(28)36(49)44(35(23)48)27-13-14-31(45)42-34(27)47/h8,10,12,20-21,27H,2-7,9,11,13-19,22H2,1H3,(H,39,46)(H2,38,40,41)(H,42,45,47). The summed E-state index contributed by atoms with van der Waals surface area (Å²) in [6, 6.07) is 7.22. The Labute approximate surface area is 301 Å². The number of unbranched alkanes of at least 4 members (excludes halogenated alkanes) is 3. The summed E-state index contributed by atoms with van der Waals surface area (Å²) in [5.74, 6) is -1.29. The number of aromatic nitrogens is 2. The Morgan fingerprint density at radius 2 is 1.77 bits per heavy atom. The minimum Gasteiger partial charge on any atom is -0.493 e. The molecular weight excluding hydrogens is 670 g/mol. The van der Waals surface area contributed by atoms with Crippen molar-refractivity contribution in [3.8, 4) is 17.2 Å². The smallest absolute Gasteiger partial charge is 0.266 e. The molecule has 15 heteroatoms. The molecule has 3 aliphatic rings. The molecule has 2 fully saturated rings. The lowest BCUT2D eigenvalue weighted by molar-refractivity contribution is -0.136. The predicted octanol–water partition coefficient (Wildman–Crippen LogP) is 2.78. The van der Waals surface area contributed by atoms with E-state index in [-0.39, 0.29) is 48.2 Å². The highest BCUT2D eigenvalue weighted by molar-refractivity contribution is 6.24. The second-order valence-electron chi connectivity index (χ2n) is 13.2. The largest absolute Gasteiger partial charge is 0.493 e. The lowest BCUT2D eigenvalue weighted by Crippen LogP contribution is -2.54. The summed E-state index contributed by atoms with van der Waals surface area (Å²) in [6.07, 6.45) is 7.63. The molecule has 6 rings (SSSR count). The molecule has 2 saturated heterocycles. The number of rotatable bonds is 17. The highest BCUT2D eigenvalue weighted by atomic mass is 16.5. The van der Waals surface area contributed by atoms with Crippen molar-refractivity contribution in [3.05, 3.63) is 47.2 Å². The molecule has 2 aromatic carbocycles. The molecule has 52 heavy (non-hydrogen) atoms. The highest BCUT2D eigenvalue weighted by Gasteiger charge is 2.46. The van der Waals surface area contributed by atoms with E-state index in [0.717, 1.165) is 67.7 Å². The fourth-order valence-electron chi connectivity index (χ4n) is 6.96. The van der Waals surface area contributed by atoms with Crippen LogP contribution < -0.4 is 30.6 Å². The number of hydrogen-bond donors (Lipinski definition) is 3. The van der Waals surface area contributed by atoms with E-state index in [1.54, 1.807) is 13.2 Å². The molecule has 15 nitrogen and oxygen atoms in total. The van der Waals surface area contributed by atoms with Crippen LogP contribution in [-0.2, 0) is 20.8 Å². The van der Waals surface area contributed by atoms with E-state index in [4.69, 9.17) is 19.9 Å². The summed E-state index contributed by atoms with van der Waals surface area (Å²) in [7, 11) is 1.62. The number of carbonyl (C=O) groups is 5. The molecule has 0 bridgehead atoms. The van der Waals surface area contributed by atoms with Crippen molar-refractivity contribution in [2.45, 2.75) is 70.3 Å². The molecule has 1 unspecified atom stereocenters. The predicted molar refractivity (Wildman–Crippen MR) is 190 cm³/mol. The Hall–Kier alpha value is -5.31. The molecule has 4 N–H and O–H groups in total. The van der Waals surface area contributed by atoms with Gasteiger partial charge in [-0.1, -0.05) is 18.9 Å². The van der Waals surface area contributed by atoms with Gasteiger partial charge in [0.05, 0.1) is 36.1 Å². The first-order valence-corrected chi connectivity index (χ1v) is 18.0. The third-order valence-electron chi connectivity index (χ3n) is 9.60. The number of hydrogen-bond acceptors (Lipinski definition) is 12. The summed E-state index contributed by atoms with van der Waals surface area (Å²) in [5, 5.41) is 5.87. The van der Waals surface area contributed by atoms with Crippen LogP contribution in [0.25, 0.3) is 10.9 Å². The number of imide groups is 2. The van der Waals surface area contributed by atoms with Gasteiger partial charge in [-0.15, -0.1) is 0 Å². The summed E-state index contributed by atoms with van der Waals surface area (Å²) < 4.78 is 17.4. The monoisotopic (exact) mass is 715 g/mol. The van der Waals surface area contributed by atoms with Gasteiger partial charge in [0.25, 0.3) is 17.7 Å². The first-order valence-electron chi connectivity index (χ1n) is 18.0. The third kappa shape index (κ3) is 8.41. The number of nitrogens with one attached hydrogen (secondary N) is 2. The molecule has 3 aliphatic heterocycles. The number of benzene rings is 2. The number of methoxy groups -OCH3 is 1. The molecule has 3 aromatic rings. The average Bonchev–Trinajstić information content (AvgIpc) is 3.74. The van der Waals surface area contributed by atoms with Gasteiger partial charge in [0.1, 0.15) is 11.8 Å². The summed E-state index contributed by atoms with van der Waals surface area (Å²) in [5.41, 5.74) is 7.72. The summed E-state index contributed by atoms with van der Waals surface area (Å²) >= 11 is 0. The summed E-state index contributed by atoms with van der Waals surface area (Å²) in [6.45, 7) is 4.02. The van der Waals surface area contributed by atoms with Crippen molar-refractivity contribution >= 4 is 46.4 Å². The topological polar surface area (TPSA) is 195 Å². The van der Waals surface area contributed by atoms with E-state index in [0.29, 0.717) is 36.6 Å². The molecule has 0 aliphatic carbocycles. The number of likely N-dealkylation sites (tertiary alicyclic amines) is 1. The fraction of sp³-hybridized carbons (Fsp3) is 0.486. The van der Waals surface area contributed by atoms with Gasteiger partial charge in [-0.05, 0) is 76.2 Å². The van der Waals surface area contributed by atoms with Crippen LogP contribution in [0.5, 0.6) is 17.2 Å². The number of ether oxygens (including phenoxy) is 3. The van der Waals surface area contributed by atoms with Crippen LogP contribution in [0.1, 0.15) is 84.2 Å². The molecule has 1 atom stereocenters. The maximum absolute atomic E-state index is 13.2. The van der Waals surface area contributed by atoms with E-state index < -0.39 is 29.7 Å². The molecule has 1 aromatic heterocycles. The van der Waals surface area contributed by atoms with Crippen LogP contribution in [0, 0.1) is 0 Å². The van der Waals surface area contributed by atoms with Gasteiger partial charge in [0, 0.05) is 31.0 Å². The number of nitrogens with zero attached hydrogens (tertiary/aromatic N) is 4. The molecule has 4 heterocycles. The van der Waals surface area contributed by atoms with Crippen LogP contribution in [0.15, 0.2) is 30.3 Å². The molecule has 0 spiro atoms. The maximum Gasteiger partial charge on any atom is 0.266 e. The third-order valence-corrected chi connectivity index (χ3v) is 9.60. The van der Waals surface area contributed by atoms with Crippen molar-refractivity contribution in [2.24, 2.45) is 0 Å². The van der Waals surface area contributed by atoms with E-state index in [9.17, 15) is 24.0 Å². The van der Waals surface area contributed by atoms with Gasteiger partial charge in [-0.3, -0.25) is 34.2 Å². The average molecular weight is 716 g/mol. The Bertz CT molecular complexity index is 1840. The van der Waals surface area contributed by atoms with Gasteiger partial charge < -0.3 is 30.2 Å². The normalized spacial score (nSPS) is 17.4. The SMILES string of the molecule is COc1cc2c(CCCCCCNC(=O)COc3cccc4c3C(=O)N(C3CCC(=O)NC3=O)C4=O)nc(N)nc2cc1OCCCN1CCCC1. The quantitative estimate of drug-likeness (QED) is 0.137. The first kappa shape index (κ1) is 36.5. The second kappa shape index (κ2) is 16.8. The van der Waals surface area contributed by atoms with Crippen LogP contribution in [-0.4, -0.2) is 102 Å². The number of amides is 5. The Balaban J connectivity index is 0.928. The zero-order valence-electron chi connectivity index (χ0n) is 29.4. The molecule has 0 radical (unpaired) electrons. The van der Waals surface area contributed by atoms with E-state index in [1.807, 2.05) is 12.1 Å². The summed E-state index contributed by atoms with van der Waals surface area (Å²) in [4.78, 5) is 75.0. The van der Waals surface area contributed by atoms with E-state index in [1.165, 1.54) is 25.0 Å². The number of anilines is 1. The highest BCUT2D eigenvalue weighted by Crippen LogP contribution is 2.35. The van der Waals surface area contributed by atoms with Gasteiger partial charge >= 0.3 is 0 Å². The minimum absolute atomic E-state index is 0.00119. The minimum atomic E-state index is -1.09. The van der Waals surface area contributed by atoms with Crippen molar-refractivity contribution in [3.63, 3.8) is 0 Å². The Morgan fingerprint density at radius 3 is 2.56 bits per heavy atom. The first-order chi connectivity index (χ1) is 25.2. The number of piperidine rings is 1.